The fourth-order valence-corrected chi connectivity index (χ4v) is 4.55. The van der Waals surface area contributed by atoms with Gasteiger partial charge in [-0.2, -0.15) is 9.57 Å². The monoisotopic (exact) mass is 285 g/mol. The summed E-state index contributed by atoms with van der Waals surface area (Å²) in [7, 11) is -3.69. The number of piperazine rings is 1. The number of rotatable bonds is 2. The first-order valence-corrected chi connectivity index (χ1v) is 7.52. The molecule has 1 aromatic heterocycles. The Morgan fingerprint density at radius 1 is 1.56 bits per heavy atom. The summed E-state index contributed by atoms with van der Waals surface area (Å²) < 4.78 is 25.9. The number of carbonyl (C=O) groups excluding carboxylic acids is 1. The molecule has 6 nitrogen and oxygen atoms in total. The standard InChI is InChI=1S/C10H11N3O3S2/c1-7-10(14)12-4-5-13(7)18(15,16)9-3-2-8(6-11)17-9/h2-3,7H,4-5H2,1H3,(H,12,14). The Balaban J connectivity index is 2.36. The normalized spacial score (nSPS) is 21.3. The molecule has 0 aliphatic carbocycles. The van der Waals surface area contributed by atoms with Crippen molar-refractivity contribution in [3.63, 3.8) is 0 Å². The molecule has 1 unspecified atom stereocenters. The summed E-state index contributed by atoms with van der Waals surface area (Å²) >= 11 is 0.914. The minimum absolute atomic E-state index is 0.0978. The van der Waals surface area contributed by atoms with Crippen molar-refractivity contribution < 1.29 is 13.2 Å². The van der Waals surface area contributed by atoms with Crippen LogP contribution in [0.1, 0.15) is 11.8 Å². The third kappa shape index (κ3) is 2.12. The van der Waals surface area contributed by atoms with Crippen LogP contribution in [0.3, 0.4) is 0 Å². The summed E-state index contributed by atoms with van der Waals surface area (Å²) in [6.45, 7) is 2.10. The van der Waals surface area contributed by atoms with Gasteiger partial charge in [0.25, 0.3) is 10.0 Å². The second-order valence-electron chi connectivity index (χ2n) is 3.81. The van der Waals surface area contributed by atoms with Gasteiger partial charge < -0.3 is 5.32 Å². The van der Waals surface area contributed by atoms with Gasteiger partial charge in [0.05, 0.1) is 0 Å². The zero-order valence-electron chi connectivity index (χ0n) is 9.58. The number of hydrogen-bond acceptors (Lipinski definition) is 5. The average molecular weight is 285 g/mol. The van der Waals surface area contributed by atoms with Gasteiger partial charge in [-0.15, -0.1) is 11.3 Å². The number of hydrogen-bond donors (Lipinski definition) is 1. The van der Waals surface area contributed by atoms with Gasteiger partial charge in [-0.1, -0.05) is 0 Å². The van der Waals surface area contributed by atoms with Crippen molar-refractivity contribution in [1.82, 2.24) is 9.62 Å². The lowest BCUT2D eigenvalue weighted by molar-refractivity contribution is -0.126. The Morgan fingerprint density at radius 2 is 2.28 bits per heavy atom. The maximum Gasteiger partial charge on any atom is 0.253 e. The van der Waals surface area contributed by atoms with Gasteiger partial charge in [0.2, 0.25) is 5.91 Å². The van der Waals surface area contributed by atoms with Gasteiger partial charge in [0.1, 0.15) is 21.2 Å². The van der Waals surface area contributed by atoms with E-state index in [9.17, 15) is 13.2 Å². The van der Waals surface area contributed by atoms with Crippen LogP contribution in [-0.2, 0) is 14.8 Å². The van der Waals surface area contributed by atoms with Crippen molar-refractivity contribution >= 4 is 27.3 Å². The SMILES string of the molecule is CC1C(=O)NCCN1S(=O)(=O)c1ccc(C#N)s1. The third-order valence-electron chi connectivity index (χ3n) is 2.70. The number of sulfonamides is 1. The van der Waals surface area contributed by atoms with Crippen LogP contribution in [0.15, 0.2) is 16.3 Å². The fourth-order valence-electron chi connectivity index (χ4n) is 1.72. The van der Waals surface area contributed by atoms with Gasteiger partial charge in [0, 0.05) is 13.1 Å². The lowest BCUT2D eigenvalue weighted by atomic mass is 10.2. The number of nitrogens with one attached hydrogen (secondary N) is 1. The molecule has 0 bridgehead atoms. The topological polar surface area (TPSA) is 90.3 Å². The maximum absolute atomic E-state index is 12.3. The summed E-state index contributed by atoms with van der Waals surface area (Å²) in [6, 6.07) is 4.04. The predicted molar refractivity (Wildman–Crippen MR) is 65.4 cm³/mol. The molecule has 1 atom stereocenters. The van der Waals surface area contributed by atoms with Crippen LogP contribution in [0.5, 0.6) is 0 Å². The van der Waals surface area contributed by atoms with Gasteiger partial charge >= 0.3 is 0 Å². The molecule has 96 valence electrons. The smallest absolute Gasteiger partial charge is 0.253 e. The maximum atomic E-state index is 12.3. The van der Waals surface area contributed by atoms with Crippen molar-refractivity contribution in [3.8, 4) is 6.07 Å². The van der Waals surface area contributed by atoms with Crippen LogP contribution in [0.25, 0.3) is 0 Å². The molecular weight excluding hydrogens is 274 g/mol. The first-order valence-electron chi connectivity index (χ1n) is 5.26. The van der Waals surface area contributed by atoms with E-state index in [1.807, 2.05) is 6.07 Å². The number of carbonyl (C=O) groups is 1. The van der Waals surface area contributed by atoms with Crippen molar-refractivity contribution in [3.05, 3.63) is 17.0 Å². The number of thiophene rings is 1. The highest BCUT2D eigenvalue weighted by Crippen LogP contribution is 2.26. The van der Waals surface area contributed by atoms with E-state index in [0.717, 1.165) is 11.3 Å². The Bertz CT molecular complexity index is 615. The second-order valence-corrected chi connectivity index (χ2v) is 7.01. The molecule has 1 aliphatic heterocycles. The van der Waals surface area contributed by atoms with Gasteiger partial charge in [0.15, 0.2) is 0 Å². The van der Waals surface area contributed by atoms with Crippen LogP contribution in [-0.4, -0.2) is 37.8 Å². The van der Waals surface area contributed by atoms with E-state index in [1.165, 1.54) is 16.4 Å². The molecule has 1 aromatic rings. The van der Waals surface area contributed by atoms with Crippen LogP contribution < -0.4 is 5.32 Å². The Morgan fingerprint density at radius 3 is 2.89 bits per heavy atom. The lowest BCUT2D eigenvalue weighted by Crippen LogP contribution is -2.55. The molecule has 1 amide bonds. The third-order valence-corrected chi connectivity index (χ3v) is 6.12. The molecule has 2 heterocycles. The molecule has 0 radical (unpaired) electrons. The molecule has 8 heteroatoms. The number of nitrogens with zero attached hydrogens (tertiary/aromatic N) is 2. The molecule has 1 saturated heterocycles. The Hall–Kier alpha value is -1.43. The summed E-state index contributed by atoms with van der Waals surface area (Å²) in [6.07, 6.45) is 0. The van der Waals surface area contributed by atoms with E-state index >= 15 is 0 Å². The summed E-state index contributed by atoms with van der Waals surface area (Å²) in [5.74, 6) is -0.304. The second kappa shape index (κ2) is 4.68. The quantitative estimate of drug-likeness (QED) is 0.836. The molecule has 18 heavy (non-hydrogen) atoms. The molecular formula is C10H11N3O3S2. The molecule has 0 spiro atoms. The summed E-state index contributed by atoms with van der Waals surface area (Å²) in [4.78, 5) is 11.8. The molecule has 1 fully saturated rings. The zero-order valence-corrected chi connectivity index (χ0v) is 11.2. The van der Waals surface area contributed by atoms with E-state index in [2.05, 4.69) is 5.32 Å². The highest BCUT2D eigenvalue weighted by molar-refractivity contribution is 7.91. The Kier molecular flexibility index (Phi) is 3.38. The summed E-state index contributed by atoms with van der Waals surface area (Å²) in [5.41, 5.74) is 0. The molecule has 0 aromatic carbocycles. The lowest BCUT2D eigenvalue weighted by Gasteiger charge is -2.31. The predicted octanol–water partition coefficient (Wildman–Crippen LogP) is 0.129. The zero-order chi connectivity index (χ0) is 13.3. The van der Waals surface area contributed by atoms with Gasteiger partial charge in [-0.05, 0) is 19.1 Å². The van der Waals surface area contributed by atoms with Crippen molar-refractivity contribution in [1.29, 1.82) is 5.26 Å². The molecule has 1 aliphatic rings. The molecule has 1 N–H and O–H groups in total. The molecule has 0 saturated carbocycles. The van der Waals surface area contributed by atoms with Gasteiger partial charge in [-0.25, -0.2) is 8.42 Å². The number of nitriles is 1. The van der Waals surface area contributed by atoms with Crippen molar-refractivity contribution in [2.24, 2.45) is 0 Å². The minimum Gasteiger partial charge on any atom is -0.353 e. The van der Waals surface area contributed by atoms with Crippen molar-refractivity contribution in [2.75, 3.05) is 13.1 Å². The minimum atomic E-state index is -3.69. The van der Waals surface area contributed by atoms with E-state index in [1.54, 1.807) is 6.92 Å². The van der Waals surface area contributed by atoms with Crippen molar-refractivity contribution in [2.45, 2.75) is 17.2 Å². The van der Waals surface area contributed by atoms with Gasteiger partial charge in [-0.3, -0.25) is 4.79 Å². The van der Waals surface area contributed by atoms with E-state index in [-0.39, 0.29) is 16.7 Å². The Labute approximate surface area is 109 Å². The highest BCUT2D eigenvalue weighted by atomic mass is 32.2. The first kappa shape index (κ1) is 13.0. The summed E-state index contributed by atoms with van der Waals surface area (Å²) in [5, 5.41) is 11.3. The average Bonchev–Trinajstić information content (AvgIpc) is 2.81. The van der Waals surface area contributed by atoms with E-state index in [4.69, 9.17) is 5.26 Å². The van der Waals surface area contributed by atoms with Crippen LogP contribution >= 0.6 is 11.3 Å². The van der Waals surface area contributed by atoms with Crippen LogP contribution in [0.2, 0.25) is 0 Å². The fraction of sp³-hybridized carbons (Fsp3) is 0.400. The van der Waals surface area contributed by atoms with Crippen LogP contribution in [0, 0.1) is 11.3 Å². The highest BCUT2D eigenvalue weighted by Gasteiger charge is 2.36. The van der Waals surface area contributed by atoms with E-state index < -0.39 is 16.1 Å². The number of amides is 1. The van der Waals surface area contributed by atoms with E-state index in [0.29, 0.717) is 11.4 Å². The molecule has 2 rings (SSSR count). The largest absolute Gasteiger partial charge is 0.353 e. The first-order chi connectivity index (χ1) is 8.46. The van der Waals surface area contributed by atoms with Crippen LogP contribution in [0.4, 0.5) is 0 Å².